The zero-order valence-corrected chi connectivity index (χ0v) is 8.96. The third kappa shape index (κ3) is 1.35. The summed E-state index contributed by atoms with van der Waals surface area (Å²) >= 11 is 5.95. The fraction of sp³-hybridized carbons (Fsp3) is 0. The fourth-order valence-electron chi connectivity index (χ4n) is 1.70. The van der Waals surface area contributed by atoms with Crippen LogP contribution in [0, 0.1) is 0 Å². The van der Waals surface area contributed by atoms with Crippen LogP contribution in [0.5, 0.6) is 0 Å². The van der Waals surface area contributed by atoms with E-state index in [2.05, 4.69) is 15.2 Å². The topological polar surface area (TPSA) is 43.6 Å². The highest BCUT2D eigenvalue weighted by Crippen LogP contribution is 2.23. The standard InChI is InChI=1S/C11H7ClN4/c12-11-15-14-7-16(11)10-3-1-2-8-6-13-5-4-9(8)10/h1-7H. The Balaban J connectivity index is 2.36. The number of aromatic nitrogens is 4. The van der Waals surface area contributed by atoms with Crippen molar-refractivity contribution in [3.05, 3.63) is 48.3 Å². The minimum absolute atomic E-state index is 0.351. The van der Waals surface area contributed by atoms with E-state index in [0.29, 0.717) is 5.28 Å². The van der Waals surface area contributed by atoms with Crippen molar-refractivity contribution < 1.29 is 0 Å². The van der Waals surface area contributed by atoms with E-state index in [4.69, 9.17) is 11.6 Å². The fourth-order valence-corrected chi connectivity index (χ4v) is 1.88. The van der Waals surface area contributed by atoms with Gasteiger partial charge in [0.05, 0.1) is 5.69 Å². The van der Waals surface area contributed by atoms with Crippen LogP contribution in [0.4, 0.5) is 0 Å². The highest BCUT2D eigenvalue weighted by atomic mass is 35.5. The third-order valence-electron chi connectivity index (χ3n) is 2.42. The summed E-state index contributed by atoms with van der Waals surface area (Å²) in [5.74, 6) is 0. The largest absolute Gasteiger partial charge is 0.272 e. The molecule has 0 aliphatic carbocycles. The molecule has 3 aromatic rings. The zero-order valence-electron chi connectivity index (χ0n) is 8.21. The maximum absolute atomic E-state index is 5.95. The molecule has 2 aromatic heterocycles. The molecule has 4 nitrogen and oxygen atoms in total. The minimum Gasteiger partial charge on any atom is -0.272 e. The van der Waals surface area contributed by atoms with Crippen LogP contribution in [0.3, 0.4) is 0 Å². The second-order valence-electron chi connectivity index (χ2n) is 3.34. The first-order valence-corrected chi connectivity index (χ1v) is 5.13. The van der Waals surface area contributed by atoms with Crippen molar-refractivity contribution in [2.75, 3.05) is 0 Å². The first-order valence-electron chi connectivity index (χ1n) is 4.75. The third-order valence-corrected chi connectivity index (χ3v) is 2.68. The molecule has 0 saturated carbocycles. The van der Waals surface area contributed by atoms with E-state index in [0.717, 1.165) is 16.5 Å². The van der Waals surface area contributed by atoms with Crippen LogP contribution in [0.25, 0.3) is 16.5 Å². The monoisotopic (exact) mass is 230 g/mol. The molecule has 0 bridgehead atoms. The summed E-state index contributed by atoms with van der Waals surface area (Å²) in [5, 5.41) is 10.0. The Kier molecular flexibility index (Phi) is 2.08. The highest BCUT2D eigenvalue weighted by Gasteiger charge is 2.06. The lowest BCUT2D eigenvalue weighted by Gasteiger charge is -2.06. The molecule has 1 aromatic carbocycles. The molecule has 0 fully saturated rings. The van der Waals surface area contributed by atoms with Crippen LogP contribution in [-0.4, -0.2) is 19.7 Å². The van der Waals surface area contributed by atoms with E-state index in [-0.39, 0.29) is 0 Å². The van der Waals surface area contributed by atoms with Gasteiger partial charge >= 0.3 is 0 Å². The summed E-state index contributed by atoms with van der Waals surface area (Å²) in [6.45, 7) is 0. The zero-order chi connectivity index (χ0) is 11.0. The molecule has 0 spiro atoms. The average Bonchev–Trinajstić information content (AvgIpc) is 2.75. The van der Waals surface area contributed by atoms with Crippen molar-refractivity contribution in [1.82, 2.24) is 19.7 Å². The van der Waals surface area contributed by atoms with Crippen LogP contribution in [-0.2, 0) is 0 Å². The van der Waals surface area contributed by atoms with Gasteiger partial charge in [0.25, 0.3) is 0 Å². The Morgan fingerprint density at radius 1 is 1.19 bits per heavy atom. The lowest BCUT2D eigenvalue weighted by molar-refractivity contribution is 1.07. The van der Waals surface area contributed by atoms with Gasteiger partial charge in [-0.3, -0.25) is 9.55 Å². The predicted octanol–water partition coefficient (Wildman–Crippen LogP) is 2.47. The summed E-state index contributed by atoms with van der Waals surface area (Å²) in [4.78, 5) is 4.08. The average molecular weight is 231 g/mol. The lowest BCUT2D eigenvalue weighted by atomic mass is 10.1. The van der Waals surface area contributed by atoms with Gasteiger partial charge in [0.2, 0.25) is 5.28 Å². The van der Waals surface area contributed by atoms with Gasteiger partial charge in [-0.1, -0.05) is 12.1 Å². The van der Waals surface area contributed by atoms with Crippen molar-refractivity contribution in [2.45, 2.75) is 0 Å². The van der Waals surface area contributed by atoms with Gasteiger partial charge in [-0.15, -0.1) is 10.2 Å². The summed E-state index contributed by atoms with van der Waals surface area (Å²) in [6.07, 6.45) is 5.17. The molecule has 78 valence electrons. The molecular formula is C11H7ClN4. The van der Waals surface area contributed by atoms with Crippen molar-refractivity contribution >= 4 is 22.4 Å². The molecule has 0 amide bonds. The first-order chi connectivity index (χ1) is 7.86. The molecule has 0 aliphatic heterocycles. The number of nitrogens with zero attached hydrogens (tertiary/aromatic N) is 4. The normalized spacial score (nSPS) is 10.8. The predicted molar refractivity (Wildman–Crippen MR) is 61.7 cm³/mol. The van der Waals surface area contributed by atoms with E-state index in [1.165, 1.54) is 0 Å². The molecule has 3 rings (SSSR count). The van der Waals surface area contributed by atoms with Crippen LogP contribution in [0.15, 0.2) is 43.0 Å². The van der Waals surface area contributed by atoms with Gasteiger partial charge in [0.15, 0.2) is 0 Å². The van der Waals surface area contributed by atoms with Gasteiger partial charge in [-0.05, 0) is 23.7 Å². The number of hydrogen-bond acceptors (Lipinski definition) is 3. The van der Waals surface area contributed by atoms with Crippen molar-refractivity contribution in [1.29, 1.82) is 0 Å². The summed E-state index contributed by atoms with van der Waals surface area (Å²) in [7, 11) is 0. The van der Waals surface area contributed by atoms with E-state index in [9.17, 15) is 0 Å². The van der Waals surface area contributed by atoms with Gasteiger partial charge in [0.1, 0.15) is 6.33 Å². The summed E-state index contributed by atoms with van der Waals surface area (Å²) in [5.41, 5.74) is 0.954. The Morgan fingerprint density at radius 2 is 2.12 bits per heavy atom. The SMILES string of the molecule is Clc1nncn1-c1cccc2cnccc12. The van der Waals surface area contributed by atoms with Crippen LogP contribution in [0.2, 0.25) is 5.28 Å². The maximum Gasteiger partial charge on any atom is 0.229 e. The first kappa shape index (κ1) is 9.30. The van der Waals surface area contributed by atoms with Crippen LogP contribution < -0.4 is 0 Å². The number of halogens is 1. The Morgan fingerprint density at radius 3 is 2.94 bits per heavy atom. The molecule has 0 radical (unpaired) electrons. The molecule has 0 aliphatic rings. The smallest absolute Gasteiger partial charge is 0.229 e. The Labute approximate surface area is 96.5 Å². The van der Waals surface area contributed by atoms with Crippen molar-refractivity contribution in [3.63, 3.8) is 0 Å². The quantitative estimate of drug-likeness (QED) is 0.645. The van der Waals surface area contributed by atoms with Gasteiger partial charge in [-0.2, -0.15) is 0 Å². The van der Waals surface area contributed by atoms with Crippen molar-refractivity contribution in [3.8, 4) is 5.69 Å². The minimum atomic E-state index is 0.351. The maximum atomic E-state index is 5.95. The van der Waals surface area contributed by atoms with E-state index in [1.54, 1.807) is 17.1 Å². The van der Waals surface area contributed by atoms with Crippen molar-refractivity contribution in [2.24, 2.45) is 0 Å². The Hall–Kier alpha value is -1.94. The van der Waals surface area contributed by atoms with Gasteiger partial charge in [-0.25, -0.2) is 0 Å². The Bertz CT molecular complexity index is 642. The number of hydrogen-bond donors (Lipinski definition) is 0. The molecule has 0 saturated heterocycles. The molecule has 0 N–H and O–H groups in total. The second kappa shape index (κ2) is 3.57. The molecule has 0 atom stereocenters. The molecule has 0 unspecified atom stereocenters. The van der Waals surface area contributed by atoms with Gasteiger partial charge in [0, 0.05) is 23.2 Å². The molecule has 16 heavy (non-hydrogen) atoms. The summed E-state index contributed by atoms with van der Waals surface area (Å²) < 4.78 is 1.74. The lowest BCUT2D eigenvalue weighted by Crippen LogP contribution is -1.93. The van der Waals surface area contributed by atoms with Crippen LogP contribution in [0.1, 0.15) is 0 Å². The second-order valence-corrected chi connectivity index (χ2v) is 3.68. The number of pyridine rings is 1. The highest BCUT2D eigenvalue weighted by molar-refractivity contribution is 6.28. The molecule has 2 heterocycles. The molecular weight excluding hydrogens is 224 g/mol. The number of benzene rings is 1. The molecule has 5 heteroatoms. The van der Waals surface area contributed by atoms with E-state index in [1.807, 2.05) is 30.5 Å². The van der Waals surface area contributed by atoms with Crippen LogP contribution >= 0.6 is 11.6 Å². The van der Waals surface area contributed by atoms with E-state index >= 15 is 0 Å². The number of fused-ring (bicyclic) bond motifs is 1. The van der Waals surface area contributed by atoms with Gasteiger partial charge < -0.3 is 0 Å². The number of rotatable bonds is 1. The summed E-state index contributed by atoms with van der Waals surface area (Å²) in [6, 6.07) is 7.87. The van der Waals surface area contributed by atoms with E-state index < -0.39 is 0 Å².